The van der Waals surface area contributed by atoms with Crippen LogP contribution >= 0.6 is 0 Å². The third-order valence-electron chi connectivity index (χ3n) is 4.44. The van der Waals surface area contributed by atoms with Crippen LogP contribution in [0.5, 0.6) is 0 Å². The van der Waals surface area contributed by atoms with Crippen molar-refractivity contribution in [3.63, 3.8) is 0 Å². The van der Waals surface area contributed by atoms with Gasteiger partial charge in [-0.15, -0.1) is 0 Å². The molecule has 0 spiro atoms. The number of pyridine rings is 2. The third kappa shape index (κ3) is 3.40. The van der Waals surface area contributed by atoms with E-state index >= 15 is 0 Å². The van der Waals surface area contributed by atoms with Crippen molar-refractivity contribution >= 4 is 5.97 Å². The molecule has 1 fully saturated rings. The van der Waals surface area contributed by atoms with Gasteiger partial charge in [0.1, 0.15) is 0 Å². The fourth-order valence-electron chi connectivity index (χ4n) is 3.26. The van der Waals surface area contributed by atoms with Gasteiger partial charge in [0.2, 0.25) is 0 Å². The van der Waals surface area contributed by atoms with Gasteiger partial charge in [0.05, 0.1) is 23.3 Å². The fourth-order valence-corrected chi connectivity index (χ4v) is 3.26. The molecule has 2 unspecified atom stereocenters. The van der Waals surface area contributed by atoms with Crippen molar-refractivity contribution < 1.29 is 9.90 Å². The van der Waals surface area contributed by atoms with Gasteiger partial charge < -0.3 is 5.11 Å². The summed E-state index contributed by atoms with van der Waals surface area (Å²) in [6.45, 7) is 3.44. The van der Waals surface area contributed by atoms with Crippen LogP contribution in [0, 0.1) is 12.8 Å². The van der Waals surface area contributed by atoms with Crippen LogP contribution in [-0.4, -0.2) is 39.0 Å². The number of piperidine rings is 1. The van der Waals surface area contributed by atoms with Crippen molar-refractivity contribution in [1.82, 2.24) is 14.9 Å². The number of carboxylic acid groups (broad SMARTS) is 1. The van der Waals surface area contributed by atoms with E-state index in [1.54, 1.807) is 12.4 Å². The summed E-state index contributed by atoms with van der Waals surface area (Å²) in [4.78, 5) is 22.7. The lowest BCUT2D eigenvalue weighted by Crippen LogP contribution is -2.42. The molecule has 0 bridgehead atoms. The average molecular weight is 311 g/mol. The van der Waals surface area contributed by atoms with E-state index in [1.807, 2.05) is 37.3 Å². The lowest BCUT2D eigenvalue weighted by Gasteiger charge is -2.36. The van der Waals surface area contributed by atoms with E-state index < -0.39 is 5.97 Å². The Balaban J connectivity index is 1.99. The predicted octanol–water partition coefficient (Wildman–Crippen LogP) is 2.67. The summed E-state index contributed by atoms with van der Waals surface area (Å²) in [6, 6.07) is 9.71. The van der Waals surface area contributed by atoms with E-state index in [-0.39, 0.29) is 12.0 Å². The normalized spacial score (nSPS) is 20.1. The number of nitrogens with zero attached hydrogens (tertiary/aromatic N) is 3. The summed E-state index contributed by atoms with van der Waals surface area (Å²) in [5.41, 5.74) is 2.97. The van der Waals surface area contributed by atoms with E-state index in [9.17, 15) is 9.90 Å². The Labute approximate surface area is 136 Å². The zero-order valence-corrected chi connectivity index (χ0v) is 13.2. The summed E-state index contributed by atoms with van der Waals surface area (Å²) in [5.74, 6) is -1.04. The molecular weight excluding hydrogens is 290 g/mol. The molecule has 0 amide bonds. The highest BCUT2D eigenvalue weighted by Gasteiger charge is 2.33. The monoisotopic (exact) mass is 311 g/mol. The molecule has 2 aromatic heterocycles. The average Bonchev–Trinajstić information content (AvgIpc) is 2.58. The Bertz CT molecular complexity index is 675. The number of carboxylic acids is 1. The van der Waals surface area contributed by atoms with Crippen LogP contribution in [0.2, 0.25) is 0 Å². The van der Waals surface area contributed by atoms with Gasteiger partial charge in [-0.2, -0.15) is 0 Å². The summed E-state index contributed by atoms with van der Waals surface area (Å²) in [6.07, 6.45) is 5.18. The lowest BCUT2D eigenvalue weighted by molar-refractivity contribution is -0.143. The Morgan fingerprint density at radius 1 is 1.26 bits per heavy atom. The quantitative estimate of drug-likeness (QED) is 0.940. The second-order valence-corrected chi connectivity index (χ2v) is 6.04. The number of aliphatic carboxylic acids is 1. The Morgan fingerprint density at radius 3 is 2.78 bits per heavy atom. The minimum atomic E-state index is -0.716. The first-order valence-corrected chi connectivity index (χ1v) is 7.96. The molecule has 3 rings (SSSR count). The highest BCUT2D eigenvalue weighted by atomic mass is 16.4. The van der Waals surface area contributed by atoms with E-state index in [0.717, 1.165) is 36.3 Å². The first-order valence-electron chi connectivity index (χ1n) is 7.96. The molecule has 1 aliphatic rings. The van der Waals surface area contributed by atoms with E-state index in [2.05, 4.69) is 14.9 Å². The molecule has 1 N–H and O–H groups in total. The van der Waals surface area contributed by atoms with Crippen LogP contribution < -0.4 is 0 Å². The number of aryl methyl sites for hydroxylation is 1. The van der Waals surface area contributed by atoms with Gasteiger partial charge in [-0.25, -0.2) is 0 Å². The molecule has 1 saturated heterocycles. The maximum atomic E-state index is 11.4. The van der Waals surface area contributed by atoms with Gasteiger partial charge >= 0.3 is 5.97 Å². The van der Waals surface area contributed by atoms with Gasteiger partial charge in [-0.1, -0.05) is 12.1 Å². The smallest absolute Gasteiger partial charge is 0.307 e. The molecule has 0 aromatic carbocycles. The molecule has 3 heterocycles. The van der Waals surface area contributed by atoms with Gasteiger partial charge in [-0.05, 0) is 50.1 Å². The molecule has 2 aromatic rings. The van der Waals surface area contributed by atoms with Crippen molar-refractivity contribution in [2.75, 3.05) is 13.1 Å². The number of hydrogen-bond acceptors (Lipinski definition) is 4. The second-order valence-electron chi connectivity index (χ2n) is 6.04. The third-order valence-corrected chi connectivity index (χ3v) is 4.44. The lowest BCUT2D eigenvalue weighted by atomic mass is 9.94. The maximum Gasteiger partial charge on any atom is 0.307 e. The first kappa shape index (κ1) is 15.6. The summed E-state index contributed by atoms with van der Waals surface area (Å²) in [7, 11) is 0. The van der Waals surface area contributed by atoms with Crippen molar-refractivity contribution in [2.24, 2.45) is 5.92 Å². The molecule has 0 saturated carbocycles. The Kier molecular flexibility index (Phi) is 4.67. The minimum absolute atomic E-state index is 0.0976. The predicted molar refractivity (Wildman–Crippen MR) is 87.0 cm³/mol. The highest BCUT2D eigenvalue weighted by molar-refractivity contribution is 5.70. The van der Waals surface area contributed by atoms with Crippen LogP contribution in [0.4, 0.5) is 0 Å². The van der Waals surface area contributed by atoms with E-state index in [4.69, 9.17) is 0 Å². The number of carbonyl (C=O) groups is 1. The fraction of sp³-hybridized carbons (Fsp3) is 0.389. The SMILES string of the molecule is Cc1cccnc1C(c1ccccn1)N1CCCC(C(=O)O)C1. The van der Waals surface area contributed by atoms with Crippen molar-refractivity contribution in [3.8, 4) is 0 Å². The molecule has 23 heavy (non-hydrogen) atoms. The minimum Gasteiger partial charge on any atom is -0.481 e. The second kappa shape index (κ2) is 6.87. The van der Waals surface area contributed by atoms with Crippen LogP contribution in [0.15, 0.2) is 42.7 Å². The molecule has 2 atom stereocenters. The highest BCUT2D eigenvalue weighted by Crippen LogP contribution is 2.31. The topological polar surface area (TPSA) is 66.3 Å². The molecule has 5 heteroatoms. The molecule has 0 aliphatic carbocycles. The number of aromatic nitrogens is 2. The van der Waals surface area contributed by atoms with Crippen molar-refractivity contribution in [2.45, 2.75) is 25.8 Å². The number of rotatable bonds is 4. The summed E-state index contributed by atoms with van der Waals surface area (Å²) in [5, 5.41) is 9.38. The maximum absolute atomic E-state index is 11.4. The zero-order valence-electron chi connectivity index (χ0n) is 13.2. The molecule has 0 radical (unpaired) electrons. The van der Waals surface area contributed by atoms with E-state index in [1.165, 1.54) is 0 Å². The van der Waals surface area contributed by atoms with Crippen LogP contribution in [0.3, 0.4) is 0 Å². The van der Waals surface area contributed by atoms with Crippen LogP contribution in [-0.2, 0) is 4.79 Å². The van der Waals surface area contributed by atoms with Gasteiger partial charge in [0.25, 0.3) is 0 Å². The zero-order chi connectivity index (χ0) is 16.2. The molecule has 120 valence electrons. The first-order chi connectivity index (χ1) is 11.2. The van der Waals surface area contributed by atoms with Crippen LogP contribution in [0.1, 0.15) is 35.8 Å². The number of hydrogen-bond donors (Lipinski definition) is 1. The molecular formula is C18H21N3O2. The van der Waals surface area contributed by atoms with E-state index in [0.29, 0.717) is 6.54 Å². The van der Waals surface area contributed by atoms with Crippen molar-refractivity contribution in [1.29, 1.82) is 0 Å². The summed E-state index contributed by atoms with van der Waals surface area (Å²) >= 11 is 0. The van der Waals surface area contributed by atoms with Gasteiger partial charge in [0, 0.05) is 18.9 Å². The Morgan fingerprint density at radius 2 is 2.09 bits per heavy atom. The van der Waals surface area contributed by atoms with Crippen LogP contribution in [0.25, 0.3) is 0 Å². The summed E-state index contributed by atoms with van der Waals surface area (Å²) < 4.78 is 0. The van der Waals surface area contributed by atoms with Gasteiger partial charge in [0.15, 0.2) is 0 Å². The Hall–Kier alpha value is -2.27. The largest absolute Gasteiger partial charge is 0.481 e. The van der Waals surface area contributed by atoms with Crippen molar-refractivity contribution in [3.05, 3.63) is 59.7 Å². The molecule has 5 nitrogen and oxygen atoms in total. The van der Waals surface area contributed by atoms with Gasteiger partial charge in [-0.3, -0.25) is 19.7 Å². The number of likely N-dealkylation sites (tertiary alicyclic amines) is 1. The molecule has 1 aliphatic heterocycles. The standard InChI is InChI=1S/C18H21N3O2/c1-13-6-4-10-20-16(13)17(15-8-2-3-9-19-15)21-11-5-7-14(12-21)18(22)23/h2-4,6,8-10,14,17H,5,7,11-12H2,1H3,(H,22,23).